The lowest BCUT2D eigenvalue weighted by Gasteiger charge is -2.72. The fourth-order valence-electron chi connectivity index (χ4n) is 12.4. The number of aliphatic hydroxyl groups excluding tert-OH is 7. The van der Waals surface area contributed by atoms with Gasteiger partial charge in [-0.1, -0.05) is 46.3 Å². The Morgan fingerprint density at radius 1 is 0.915 bits per heavy atom. The predicted octanol–water partition coefficient (Wildman–Crippen LogP) is 1.41. The molecule has 1 saturated heterocycles. The molecule has 0 bridgehead atoms. The largest absolute Gasteiger partial charge is 0.432 e. The number of hydrogen-bond acceptors (Lipinski definition) is 11. The molecule has 5 aliphatic carbocycles. The van der Waals surface area contributed by atoms with Gasteiger partial charge in [-0.25, -0.2) is 0 Å². The van der Waals surface area contributed by atoms with Gasteiger partial charge in [0.05, 0.1) is 36.4 Å². The van der Waals surface area contributed by atoms with Gasteiger partial charge >= 0.3 is 5.97 Å². The maximum Gasteiger partial charge on any atom is 0.315 e. The molecule has 0 amide bonds. The molecule has 1 heterocycles. The van der Waals surface area contributed by atoms with Crippen LogP contribution in [-0.2, 0) is 14.3 Å². The summed E-state index contributed by atoms with van der Waals surface area (Å²) in [5, 5.41) is 86.2. The van der Waals surface area contributed by atoms with E-state index in [9.17, 15) is 45.6 Å². The number of aliphatic hydroxyl groups is 8. The zero-order valence-electron chi connectivity index (χ0n) is 28.8. The van der Waals surface area contributed by atoms with Gasteiger partial charge in [-0.15, -0.1) is 0 Å². The molecule has 0 aromatic heterocycles. The lowest BCUT2D eigenvalue weighted by Crippen LogP contribution is -2.69. The molecule has 1 aliphatic heterocycles. The predicted molar refractivity (Wildman–Crippen MR) is 169 cm³/mol. The summed E-state index contributed by atoms with van der Waals surface area (Å²) < 4.78 is 11.4. The van der Waals surface area contributed by atoms with Crippen molar-refractivity contribution in [3.05, 3.63) is 11.6 Å². The van der Waals surface area contributed by atoms with Crippen LogP contribution in [0.5, 0.6) is 0 Å². The maximum absolute atomic E-state index is 14.5. The first-order valence-electron chi connectivity index (χ1n) is 17.7. The Balaban J connectivity index is 1.40. The monoisotopic (exact) mass is 666 g/mol. The molecule has 0 radical (unpaired) electrons. The van der Waals surface area contributed by atoms with Crippen LogP contribution in [0.4, 0.5) is 0 Å². The molecule has 6 aliphatic rings. The molecular weight excluding hydrogens is 608 g/mol. The molecule has 8 N–H and O–H groups in total. The number of carbonyl (C=O) groups is 1. The average molecular weight is 667 g/mol. The summed E-state index contributed by atoms with van der Waals surface area (Å²) in [5.41, 5.74) is -3.27. The molecule has 11 nitrogen and oxygen atoms in total. The lowest BCUT2D eigenvalue weighted by molar-refractivity contribution is -0.299. The molecule has 0 aromatic rings. The van der Waals surface area contributed by atoms with Crippen LogP contribution in [0.25, 0.3) is 0 Å². The van der Waals surface area contributed by atoms with Gasteiger partial charge in [-0.05, 0) is 92.3 Å². The molecular formula is C36H58O11. The molecule has 0 unspecified atom stereocenters. The molecule has 11 heteroatoms. The fourth-order valence-corrected chi connectivity index (χ4v) is 12.4. The van der Waals surface area contributed by atoms with Crippen molar-refractivity contribution in [3.8, 4) is 0 Å². The van der Waals surface area contributed by atoms with Crippen molar-refractivity contribution in [2.45, 2.75) is 141 Å². The lowest BCUT2D eigenvalue weighted by atomic mass is 9.33. The van der Waals surface area contributed by atoms with E-state index in [4.69, 9.17) is 9.47 Å². The minimum Gasteiger partial charge on any atom is -0.432 e. The number of esters is 1. The van der Waals surface area contributed by atoms with Gasteiger partial charge in [-0.2, -0.15) is 0 Å². The van der Waals surface area contributed by atoms with Crippen molar-refractivity contribution in [2.24, 2.45) is 50.7 Å². The zero-order chi connectivity index (χ0) is 34.7. The van der Waals surface area contributed by atoms with E-state index in [0.29, 0.717) is 38.5 Å². The molecule has 17 atom stereocenters. The van der Waals surface area contributed by atoms with E-state index < -0.39 is 83.3 Å². The highest BCUT2D eigenvalue weighted by molar-refractivity contribution is 5.79. The number of carbonyl (C=O) groups excluding carboxylic acids is 1. The van der Waals surface area contributed by atoms with Gasteiger partial charge in [0.15, 0.2) is 0 Å². The Bertz CT molecular complexity index is 1270. The van der Waals surface area contributed by atoms with Crippen molar-refractivity contribution in [3.63, 3.8) is 0 Å². The number of hydrogen-bond donors (Lipinski definition) is 8. The topological polar surface area (TPSA) is 197 Å². The maximum atomic E-state index is 14.5. The Morgan fingerprint density at radius 2 is 1.60 bits per heavy atom. The Kier molecular flexibility index (Phi) is 8.68. The van der Waals surface area contributed by atoms with Crippen LogP contribution in [-0.4, -0.2) is 109 Å². The van der Waals surface area contributed by atoms with Crippen LogP contribution in [0, 0.1) is 50.7 Å². The minimum absolute atomic E-state index is 0.00373. The van der Waals surface area contributed by atoms with Gasteiger partial charge < -0.3 is 50.3 Å². The average Bonchev–Trinajstić information content (AvgIpc) is 3.02. The molecule has 0 spiro atoms. The van der Waals surface area contributed by atoms with Crippen molar-refractivity contribution >= 4 is 5.97 Å². The van der Waals surface area contributed by atoms with E-state index in [0.717, 1.165) is 18.4 Å². The van der Waals surface area contributed by atoms with E-state index in [1.807, 2.05) is 20.8 Å². The highest BCUT2D eigenvalue weighted by Crippen LogP contribution is 2.76. The van der Waals surface area contributed by atoms with Crippen LogP contribution < -0.4 is 0 Å². The minimum atomic E-state index is -1.72. The molecule has 4 saturated carbocycles. The van der Waals surface area contributed by atoms with Crippen molar-refractivity contribution in [1.29, 1.82) is 0 Å². The summed E-state index contributed by atoms with van der Waals surface area (Å²) >= 11 is 0. The normalized spacial score (nSPS) is 57.5. The van der Waals surface area contributed by atoms with Gasteiger partial charge in [0.2, 0.25) is 6.29 Å². The van der Waals surface area contributed by atoms with Crippen molar-refractivity contribution in [2.75, 3.05) is 13.2 Å². The van der Waals surface area contributed by atoms with E-state index in [1.165, 1.54) is 0 Å². The quantitative estimate of drug-likeness (QED) is 0.160. The first-order chi connectivity index (χ1) is 21.8. The number of allylic oxidation sites excluding steroid dienone is 1. The molecule has 0 aromatic carbocycles. The SMILES string of the molecule is C[C@@H]1CC[C@]2(C(=O)O[C@@H]3O[C@H](CO)[C@@H](O)[C@H](O)[C@H]3O)CC[C@]3(C)C(=CC[C@@H]4[C@]5(C)C[C@H](O)[C@H](O)[C@](C)(CO)[C@@H]5CC[C@@]43C)[C@@H]2[C@]1(C)O. The third kappa shape index (κ3) is 4.60. The van der Waals surface area contributed by atoms with E-state index in [-0.39, 0.29) is 35.2 Å². The number of fused-ring (bicyclic) bond motifs is 7. The summed E-state index contributed by atoms with van der Waals surface area (Å²) in [4.78, 5) is 14.5. The van der Waals surface area contributed by atoms with Crippen molar-refractivity contribution in [1.82, 2.24) is 0 Å². The first-order valence-corrected chi connectivity index (χ1v) is 17.7. The fraction of sp³-hybridized carbons (Fsp3) is 0.917. The van der Waals surface area contributed by atoms with Crippen LogP contribution >= 0.6 is 0 Å². The highest BCUT2D eigenvalue weighted by atomic mass is 16.7. The third-order valence-corrected chi connectivity index (χ3v) is 15.6. The zero-order valence-corrected chi connectivity index (χ0v) is 28.8. The second kappa shape index (κ2) is 11.4. The van der Waals surface area contributed by atoms with E-state index in [2.05, 4.69) is 26.8 Å². The summed E-state index contributed by atoms with van der Waals surface area (Å²) in [6.45, 7) is 11.6. The van der Waals surface area contributed by atoms with Gasteiger partial charge in [0, 0.05) is 11.3 Å². The summed E-state index contributed by atoms with van der Waals surface area (Å²) in [5.74, 6) is -1.23. The standard InChI is InChI=1S/C36H58O11/c1-18-9-12-36(30(44)47-29-26(42)25(41)24(40)21(16-37)46-29)14-13-33(4)19(27(36)35(18,6)45)7-8-23-31(2)15-20(39)28(43)32(3,17-38)22(31)10-11-34(23,33)5/h7,18,20-29,37-43,45H,8-17H2,1-6H3/t18-,20+,21-,22-,23-,24-,25+,26-,27-,28+,29+,31-,32-,33-,34+,35-,36+/m1/s1. The van der Waals surface area contributed by atoms with Crippen molar-refractivity contribution < 1.29 is 55.1 Å². The smallest absolute Gasteiger partial charge is 0.315 e. The first kappa shape index (κ1) is 35.7. The summed E-state index contributed by atoms with van der Waals surface area (Å²) in [6, 6.07) is 0. The summed E-state index contributed by atoms with van der Waals surface area (Å²) in [7, 11) is 0. The van der Waals surface area contributed by atoms with Crippen LogP contribution in [0.15, 0.2) is 11.6 Å². The number of ether oxygens (including phenoxy) is 2. The second-order valence-electron chi connectivity index (χ2n) is 17.5. The Morgan fingerprint density at radius 3 is 2.23 bits per heavy atom. The number of rotatable bonds is 4. The molecule has 5 fully saturated rings. The van der Waals surface area contributed by atoms with Crippen LogP contribution in [0.1, 0.15) is 92.9 Å². The molecule has 6 rings (SSSR count). The van der Waals surface area contributed by atoms with Gasteiger partial charge in [0.25, 0.3) is 0 Å². The van der Waals surface area contributed by atoms with E-state index in [1.54, 1.807) is 0 Å². The highest BCUT2D eigenvalue weighted by Gasteiger charge is 2.72. The van der Waals surface area contributed by atoms with Crippen LogP contribution in [0.2, 0.25) is 0 Å². The molecule has 268 valence electrons. The Labute approximate surface area is 278 Å². The third-order valence-electron chi connectivity index (χ3n) is 15.6. The van der Waals surface area contributed by atoms with E-state index >= 15 is 0 Å². The van der Waals surface area contributed by atoms with Crippen LogP contribution in [0.3, 0.4) is 0 Å². The second-order valence-corrected chi connectivity index (χ2v) is 17.5. The van der Waals surface area contributed by atoms with Gasteiger partial charge in [0.1, 0.15) is 24.4 Å². The Hall–Kier alpha value is -1.15. The summed E-state index contributed by atoms with van der Waals surface area (Å²) in [6.07, 6.45) is -2.75. The molecule has 47 heavy (non-hydrogen) atoms. The van der Waals surface area contributed by atoms with Gasteiger partial charge in [-0.3, -0.25) is 4.79 Å².